The van der Waals surface area contributed by atoms with E-state index in [0.29, 0.717) is 5.75 Å². The van der Waals surface area contributed by atoms with Crippen molar-refractivity contribution in [2.75, 3.05) is 5.75 Å². The molecule has 0 saturated carbocycles. The zero-order chi connectivity index (χ0) is 14.4. The van der Waals surface area contributed by atoms with Crippen LogP contribution in [-0.2, 0) is 9.59 Å². The van der Waals surface area contributed by atoms with Gasteiger partial charge in [0.2, 0.25) is 5.91 Å². The molecule has 1 aromatic carbocycles. The van der Waals surface area contributed by atoms with Crippen molar-refractivity contribution in [3.63, 3.8) is 0 Å². The Hall–Kier alpha value is -1.56. The standard InChI is InChI=1S/C13H16FNO3S/c1-8(12(16)15-9(2)13(17)18)7-19-11-5-3-10(14)4-6-11/h3-6,8-9H,7H2,1-2H3,(H,15,16)(H,17,18). The minimum absolute atomic E-state index is 0.301. The molecule has 0 saturated heterocycles. The lowest BCUT2D eigenvalue weighted by Gasteiger charge is -2.14. The first-order valence-electron chi connectivity index (χ1n) is 5.81. The number of carboxylic acids is 1. The van der Waals surface area contributed by atoms with E-state index in [4.69, 9.17) is 5.11 Å². The normalized spacial score (nSPS) is 13.6. The minimum Gasteiger partial charge on any atom is -0.480 e. The van der Waals surface area contributed by atoms with Crippen LogP contribution in [0.25, 0.3) is 0 Å². The second-order valence-electron chi connectivity index (χ2n) is 4.23. The van der Waals surface area contributed by atoms with Crippen LogP contribution < -0.4 is 5.32 Å². The first-order chi connectivity index (χ1) is 8.90. The molecule has 2 N–H and O–H groups in total. The summed E-state index contributed by atoms with van der Waals surface area (Å²) in [6.45, 7) is 3.14. The van der Waals surface area contributed by atoms with Gasteiger partial charge < -0.3 is 10.4 Å². The maximum Gasteiger partial charge on any atom is 0.325 e. The SMILES string of the molecule is CC(CSc1ccc(F)cc1)C(=O)NC(C)C(=O)O. The van der Waals surface area contributed by atoms with Crippen molar-refractivity contribution >= 4 is 23.6 Å². The van der Waals surface area contributed by atoms with Gasteiger partial charge in [-0.2, -0.15) is 0 Å². The molecule has 19 heavy (non-hydrogen) atoms. The monoisotopic (exact) mass is 285 g/mol. The fourth-order valence-corrected chi connectivity index (χ4v) is 2.17. The fraction of sp³-hybridized carbons (Fsp3) is 0.385. The third kappa shape index (κ3) is 5.30. The van der Waals surface area contributed by atoms with Gasteiger partial charge in [-0.15, -0.1) is 11.8 Å². The largest absolute Gasteiger partial charge is 0.480 e. The Bertz CT molecular complexity index is 450. The Balaban J connectivity index is 2.42. The molecular weight excluding hydrogens is 269 g/mol. The molecule has 1 aromatic rings. The molecule has 0 bridgehead atoms. The third-order valence-corrected chi connectivity index (χ3v) is 3.76. The lowest BCUT2D eigenvalue weighted by atomic mass is 10.2. The molecule has 2 unspecified atom stereocenters. The number of thioether (sulfide) groups is 1. The van der Waals surface area contributed by atoms with E-state index in [1.165, 1.54) is 30.8 Å². The number of amides is 1. The number of halogens is 1. The van der Waals surface area contributed by atoms with Crippen molar-refractivity contribution in [3.8, 4) is 0 Å². The molecule has 0 aliphatic carbocycles. The number of rotatable bonds is 6. The summed E-state index contributed by atoms with van der Waals surface area (Å²) < 4.78 is 12.7. The summed E-state index contributed by atoms with van der Waals surface area (Å²) in [5.74, 6) is -1.48. The Morgan fingerprint density at radius 1 is 1.32 bits per heavy atom. The van der Waals surface area contributed by atoms with E-state index in [0.717, 1.165) is 4.90 Å². The van der Waals surface area contributed by atoms with Crippen LogP contribution in [0.1, 0.15) is 13.8 Å². The van der Waals surface area contributed by atoms with E-state index in [1.54, 1.807) is 19.1 Å². The van der Waals surface area contributed by atoms with Crippen molar-refractivity contribution in [3.05, 3.63) is 30.1 Å². The van der Waals surface area contributed by atoms with Crippen LogP contribution in [0.15, 0.2) is 29.2 Å². The molecule has 0 heterocycles. The second kappa shape index (κ2) is 7.13. The third-order valence-electron chi connectivity index (χ3n) is 2.49. The summed E-state index contributed by atoms with van der Waals surface area (Å²) in [5, 5.41) is 11.1. The molecular formula is C13H16FNO3S. The molecule has 0 aromatic heterocycles. The number of hydrogen-bond acceptors (Lipinski definition) is 3. The second-order valence-corrected chi connectivity index (χ2v) is 5.33. The number of carbonyl (C=O) groups excluding carboxylic acids is 1. The van der Waals surface area contributed by atoms with Gasteiger partial charge in [-0.05, 0) is 31.2 Å². The van der Waals surface area contributed by atoms with Crippen LogP contribution in [0.2, 0.25) is 0 Å². The van der Waals surface area contributed by atoms with Gasteiger partial charge >= 0.3 is 5.97 Å². The van der Waals surface area contributed by atoms with Crippen molar-refractivity contribution in [1.82, 2.24) is 5.32 Å². The Labute approximate surface area is 115 Å². The molecule has 0 spiro atoms. The van der Waals surface area contributed by atoms with Gasteiger partial charge in [0, 0.05) is 16.6 Å². The van der Waals surface area contributed by atoms with E-state index >= 15 is 0 Å². The fourth-order valence-electron chi connectivity index (χ4n) is 1.25. The highest BCUT2D eigenvalue weighted by atomic mass is 32.2. The van der Waals surface area contributed by atoms with Crippen molar-refractivity contribution < 1.29 is 19.1 Å². The van der Waals surface area contributed by atoms with Crippen LogP contribution >= 0.6 is 11.8 Å². The summed E-state index contributed by atoms with van der Waals surface area (Å²) in [6.07, 6.45) is 0. The maximum atomic E-state index is 12.7. The number of benzene rings is 1. The van der Waals surface area contributed by atoms with Crippen LogP contribution in [0.5, 0.6) is 0 Å². The number of carbonyl (C=O) groups is 2. The molecule has 0 aliphatic heterocycles. The quantitative estimate of drug-likeness (QED) is 0.786. The molecule has 1 amide bonds. The van der Waals surface area contributed by atoms with Gasteiger partial charge in [0.1, 0.15) is 11.9 Å². The van der Waals surface area contributed by atoms with E-state index in [9.17, 15) is 14.0 Å². The number of carboxylic acid groups (broad SMARTS) is 1. The van der Waals surface area contributed by atoms with E-state index in [1.807, 2.05) is 0 Å². The maximum absolute atomic E-state index is 12.7. The molecule has 104 valence electrons. The van der Waals surface area contributed by atoms with Gasteiger partial charge in [-0.1, -0.05) is 6.92 Å². The minimum atomic E-state index is -1.06. The number of nitrogens with one attached hydrogen (secondary N) is 1. The Morgan fingerprint density at radius 2 is 1.89 bits per heavy atom. The van der Waals surface area contributed by atoms with E-state index < -0.39 is 12.0 Å². The average Bonchev–Trinajstić information content (AvgIpc) is 2.37. The topological polar surface area (TPSA) is 66.4 Å². The summed E-state index contributed by atoms with van der Waals surface area (Å²) >= 11 is 1.43. The predicted molar refractivity (Wildman–Crippen MR) is 71.5 cm³/mol. The number of hydrogen-bond donors (Lipinski definition) is 2. The van der Waals surface area contributed by atoms with Crippen LogP contribution in [-0.4, -0.2) is 28.8 Å². The van der Waals surface area contributed by atoms with E-state index in [-0.39, 0.29) is 17.6 Å². The zero-order valence-electron chi connectivity index (χ0n) is 10.7. The van der Waals surface area contributed by atoms with Crippen molar-refractivity contribution in [2.45, 2.75) is 24.8 Å². The lowest BCUT2D eigenvalue weighted by molar-refractivity contribution is -0.141. The molecule has 0 radical (unpaired) electrons. The van der Waals surface area contributed by atoms with Crippen LogP contribution in [0.3, 0.4) is 0 Å². The predicted octanol–water partition coefficient (Wildman–Crippen LogP) is 2.14. The average molecular weight is 285 g/mol. The molecule has 6 heteroatoms. The number of aliphatic carboxylic acids is 1. The highest BCUT2D eigenvalue weighted by Gasteiger charge is 2.18. The molecule has 4 nitrogen and oxygen atoms in total. The lowest BCUT2D eigenvalue weighted by Crippen LogP contribution is -2.41. The van der Waals surface area contributed by atoms with Crippen molar-refractivity contribution in [2.24, 2.45) is 5.92 Å². The van der Waals surface area contributed by atoms with E-state index in [2.05, 4.69) is 5.32 Å². The molecule has 2 atom stereocenters. The Morgan fingerprint density at radius 3 is 2.42 bits per heavy atom. The summed E-state index contributed by atoms with van der Waals surface area (Å²) in [6, 6.07) is 5.11. The first-order valence-corrected chi connectivity index (χ1v) is 6.80. The van der Waals surface area contributed by atoms with Gasteiger partial charge in [0.05, 0.1) is 0 Å². The van der Waals surface area contributed by atoms with Crippen LogP contribution in [0.4, 0.5) is 4.39 Å². The summed E-state index contributed by atoms with van der Waals surface area (Å²) in [7, 11) is 0. The molecule has 1 rings (SSSR count). The van der Waals surface area contributed by atoms with Gasteiger partial charge in [-0.25, -0.2) is 4.39 Å². The Kier molecular flexibility index (Phi) is 5.82. The smallest absolute Gasteiger partial charge is 0.325 e. The highest BCUT2D eigenvalue weighted by molar-refractivity contribution is 7.99. The summed E-state index contributed by atoms with van der Waals surface area (Å²) in [4.78, 5) is 23.2. The van der Waals surface area contributed by atoms with Crippen LogP contribution in [0, 0.1) is 11.7 Å². The van der Waals surface area contributed by atoms with Gasteiger partial charge in [0.15, 0.2) is 0 Å². The van der Waals surface area contributed by atoms with Gasteiger partial charge in [-0.3, -0.25) is 9.59 Å². The highest BCUT2D eigenvalue weighted by Crippen LogP contribution is 2.20. The molecule has 0 aliphatic rings. The van der Waals surface area contributed by atoms with Gasteiger partial charge in [0.25, 0.3) is 0 Å². The summed E-state index contributed by atoms with van der Waals surface area (Å²) in [5.41, 5.74) is 0. The van der Waals surface area contributed by atoms with Crippen molar-refractivity contribution in [1.29, 1.82) is 0 Å². The zero-order valence-corrected chi connectivity index (χ0v) is 11.5. The first kappa shape index (κ1) is 15.5. The molecule has 0 fully saturated rings.